The average molecular weight is 417 g/mol. The van der Waals surface area contributed by atoms with Gasteiger partial charge < -0.3 is 9.57 Å². The number of methoxy groups -OCH3 is 1. The maximum absolute atomic E-state index is 13.9. The molecule has 0 saturated heterocycles. The molecule has 0 radical (unpaired) electrons. The van der Waals surface area contributed by atoms with Crippen LogP contribution in [0.4, 0.5) is 26.3 Å². The van der Waals surface area contributed by atoms with Gasteiger partial charge >= 0.3 is 12.1 Å². The smallest absolute Gasteiger partial charge is 0.435 e. The number of halogens is 6. The van der Waals surface area contributed by atoms with E-state index in [-0.39, 0.29) is 29.0 Å². The zero-order valence-electron chi connectivity index (χ0n) is 15.0. The number of oxime groups is 1. The molecule has 0 spiro atoms. The molecule has 2 aromatic rings. The van der Waals surface area contributed by atoms with E-state index in [1.807, 2.05) is 0 Å². The van der Waals surface area contributed by atoms with Gasteiger partial charge in [0.25, 0.3) is 5.60 Å². The predicted octanol–water partition coefficient (Wildman–Crippen LogP) is 4.78. The first kappa shape index (κ1) is 20.7. The normalized spacial score (nSPS) is 19.0. The third-order valence-corrected chi connectivity index (χ3v) is 4.60. The zero-order chi connectivity index (χ0) is 21.6. The molecule has 0 aromatic heterocycles. The maximum atomic E-state index is 13.9. The molecule has 0 fully saturated rings. The average Bonchev–Trinajstić information content (AvgIpc) is 3.12. The Labute approximate surface area is 160 Å². The first-order valence-electron chi connectivity index (χ1n) is 8.16. The standard InChI is InChI=1S/C19H13F6NO3/c1-9-5-10(3-4-12(9)17(27)28-2)15-8-18(29-26-15,19(23,24)25)11-6-13(20)16(22)14(21)7-11/h3-7H,8H2,1-2H3. The Morgan fingerprint density at radius 3 is 2.28 bits per heavy atom. The number of alkyl halides is 3. The van der Waals surface area contributed by atoms with Crippen molar-refractivity contribution in [3.8, 4) is 0 Å². The minimum absolute atomic E-state index is 0.160. The number of aryl methyl sites for hydroxylation is 1. The summed E-state index contributed by atoms with van der Waals surface area (Å²) in [6.45, 7) is 1.55. The molecule has 1 unspecified atom stereocenters. The van der Waals surface area contributed by atoms with Crippen LogP contribution in [0.1, 0.15) is 33.5 Å². The number of rotatable bonds is 3. The van der Waals surface area contributed by atoms with E-state index in [0.29, 0.717) is 5.56 Å². The quantitative estimate of drug-likeness (QED) is 0.410. The lowest BCUT2D eigenvalue weighted by Gasteiger charge is -2.29. The summed E-state index contributed by atoms with van der Waals surface area (Å²) in [5.74, 6) is -6.07. The lowest BCUT2D eigenvalue weighted by molar-refractivity contribution is -0.276. The Morgan fingerprint density at radius 2 is 1.76 bits per heavy atom. The molecule has 1 aliphatic heterocycles. The van der Waals surface area contributed by atoms with E-state index >= 15 is 0 Å². The van der Waals surface area contributed by atoms with Crippen molar-refractivity contribution in [3.05, 3.63) is 70.0 Å². The minimum Gasteiger partial charge on any atom is -0.465 e. The third-order valence-electron chi connectivity index (χ3n) is 4.60. The van der Waals surface area contributed by atoms with Crippen LogP contribution >= 0.6 is 0 Å². The molecule has 2 aromatic carbocycles. The van der Waals surface area contributed by atoms with Crippen LogP contribution < -0.4 is 0 Å². The van der Waals surface area contributed by atoms with Gasteiger partial charge in [0.2, 0.25) is 0 Å². The van der Waals surface area contributed by atoms with Crippen molar-refractivity contribution in [1.29, 1.82) is 0 Å². The highest BCUT2D eigenvalue weighted by Crippen LogP contribution is 2.49. The summed E-state index contributed by atoms with van der Waals surface area (Å²) in [5, 5.41) is 3.46. The van der Waals surface area contributed by atoms with Crippen LogP contribution in [0, 0.1) is 24.4 Å². The van der Waals surface area contributed by atoms with E-state index in [1.54, 1.807) is 6.92 Å². The fourth-order valence-electron chi connectivity index (χ4n) is 3.03. The van der Waals surface area contributed by atoms with Gasteiger partial charge in [-0.15, -0.1) is 0 Å². The molecular weight excluding hydrogens is 404 g/mol. The van der Waals surface area contributed by atoms with Gasteiger partial charge in [-0.05, 0) is 42.3 Å². The minimum atomic E-state index is -5.12. The summed E-state index contributed by atoms with van der Waals surface area (Å²) in [6.07, 6.45) is -6.02. The summed E-state index contributed by atoms with van der Waals surface area (Å²) >= 11 is 0. The van der Waals surface area contributed by atoms with Crippen LogP contribution in [0.5, 0.6) is 0 Å². The monoisotopic (exact) mass is 417 g/mol. The van der Waals surface area contributed by atoms with Gasteiger partial charge in [0.05, 0.1) is 18.4 Å². The molecule has 10 heteroatoms. The maximum Gasteiger partial charge on any atom is 0.435 e. The lowest BCUT2D eigenvalue weighted by atomic mass is 9.86. The van der Waals surface area contributed by atoms with E-state index in [9.17, 15) is 31.1 Å². The molecular formula is C19H13F6NO3. The summed E-state index contributed by atoms with van der Waals surface area (Å²) in [6, 6.07) is 4.57. The second kappa shape index (κ2) is 7.09. The van der Waals surface area contributed by atoms with Gasteiger partial charge in [0.15, 0.2) is 17.5 Å². The number of esters is 1. The molecule has 4 nitrogen and oxygen atoms in total. The molecule has 29 heavy (non-hydrogen) atoms. The van der Waals surface area contributed by atoms with Crippen molar-refractivity contribution < 1.29 is 40.7 Å². The fourth-order valence-corrected chi connectivity index (χ4v) is 3.03. The van der Waals surface area contributed by atoms with Crippen molar-refractivity contribution in [1.82, 2.24) is 0 Å². The lowest BCUT2D eigenvalue weighted by Crippen LogP contribution is -2.43. The van der Waals surface area contributed by atoms with Crippen molar-refractivity contribution in [2.75, 3.05) is 7.11 Å². The Morgan fingerprint density at radius 1 is 1.14 bits per heavy atom. The van der Waals surface area contributed by atoms with Crippen LogP contribution in [-0.2, 0) is 15.2 Å². The van der Waals surface area contributed by atoms with E-state index in [1.165, 1.54) is 25.3 Å². The van der Waals surface area contributed by atoms with Crippen LogP contribution in [0.2, 0.25) is 0 Å². The van der Waals surface area contributed by atoms with E-state index < -0.39 is 47.2 Å². The summed E-state index contributed by atoms with van der Waals surface area (Å²) in [5.41, 5.74) is -3.47. The number of carbonyl (C=O) groups is 1. The molecule has 1 atom stereocenters. The molecule has 0 aliphatic carbocycles. The Kier molecular flexibility index (Phi) is 5.06. The van der Waals surface area contributed by atoms with Gasteiger partial charge in [-0.2, -0.15) is 13.2 Å². The van der Waals surface area contributed by atoms with Crippen LogP contribution in [0.3, 0.4) is 0 Å². The van der Waals surface area contributed by atoms with E-state index in [4.69, 9.17) is 0 Å². The number of carbonyl (C=O) groups excluding carboxylic acids is 1. The molecule has 1 aliphatic rings. The molecule has 0 bridgehead atoms. The highest BCUT2D eigenvalue weighted by molar-refractivity contribution is 6.03. The van der Waals surface area contributed by atoms with Crippen molar-refractivity contribution in [2.45, 2.75) is 25.1 Å². The van der Waals surface area contributed by atoms with Crippen molar-refractivity contribution in [3.63, 3.8) is 0 Å². The first-order valence-corrected chi connectivity index (χ1v) is 8.16. The number of benzene rings is 2. The molecule has 1 heterocycles. The predicted molar refractivity (Wildman–Crippen MR) is 88.8 cm³/mol. The molecule has 3 rings (SSSR count). The third kappa shape index (κ3) is 3.43. The molecule has 154 valence electrons. The number of hydrogen-bond acceptors (Lipinski definition) is 4. The van der Waals surface area contributed by atoms with Crippen molar-refractivity contribution >= 4 is 11.7 Å². The van der Waals surface area contributed by atoms with E-state index in [2.05, 4.69) is 14.7 Å². The first-order chi connectivity index (χ1) is 13.5. The largest absolute Gasteiger partial charge is 0.465 e. The van der Waals surface area contributed by atoms with Gasteiger partial charge in [-0.3, -0.25) is 0 Å². The van der Waals surface area contributed by atoms with Crippen LogP contribution in [0.25, 0.3) is 0 Å². The fraction of sp³-hybridized carbons (Fsp3) is 0.263. The number of ether oxygens (including phenoxy) is 1. The highest BCUT2D eigenvalue weighted by Gasteiger charge is 2.62. The SMILES string of the molecule is COC(=O)c1ccc(C2=NOC(c3cc(F)c(F)c(F)c3)(C(F)(F)F)C2)cc1C. The second-order valence-electron chi connectivity index (χ2n) is 6.41. The van der Waals surface area contributed by atoms with Crippen LogP contribution in [-0.4, -0.2) is 25.0 Å². The van der Waals surface area contributed by atoms with E-state index in [0.717, 1.165) is 0 Å². The summed E-state index contributed by atoms with van der Waals surface area (Å²) in [7, 11) is 1.18. The molecule has 0 saturated carbocycles. The topological polar surface area (TPSA) is 47.9 Å². The Balaban J connectivity index is 2.02. The van der Waals surface area contributed by atoms with Gasteiger partial charge in [0, 0.05) is 12.0 Å². The second-order valence-corrected chi connectivity index (χ2v) is 6.41. The summed E-state index contributed by atoms with van der Waals surface area (Å²) < 4.78 is 86.5. The molecule has 0 N–H and O–H groups in total. The summed E-state index contributed by atoms with van der Waals surface area (Å²) in [4.78, 5) is 16.3. The van der Waals surface area contributed by atoms with Gasteiger partial charge in [0.1, 0.15) is 0 Å². The highest BCUT2D eigenvalue weighted by atomic mass is 19.4. The van der Waals surface area contributed by atoms with Crippen LogP contribution in [0.15, 0.2) is 35.5 Å². The number of hydrogen-bond donors (Lipinski definition) is 0. The van der Waals surface area contributed by atoms with Gasteiger partial charge in [-0.1, -0.05) is 11.2 Å². The van der Waals surface area contributed by atoms with Gasteiger partial charge in [-0.25, -0.2) is 18.0 Å². The zero-order valence-corrected chi connectivity index (χ0v) is 15.0. The Hall–Kier alpha value is -3.04. The molecule has 0 amide bonds. The van der Waals surface area contributed by atoms with Crippen molar-refractivity contribution in [2.24, 2.45) is 5.16 Å². The Bertz CT molecular complexity index is 994. The number of nitrogens with zero attached hydrogens (tertiary/aromatic N) is 1.